The van der Waals surface area contributed by atoms with Crippen LogP contribution in [0.5, 0.6) is 0 Å². The van der Waals surface area contributed by atoms with Gasteiger partial charge in [0.25, 0.3) is 5.91 Å². The summed E-state index contributed by atoms with van der Waals surface area (Å²) in [5.74, 6) is -0.0471. The summed E-state index contributed by atoms with van der Waals surface area (Å²) < 4.78 is 1.98. The Kier molecular flexibility index (Phi) is 5.14. The largest absolute Gasteiger partial charge is 0.351 e. The zero-order valence-electron chi connectivity index (χ0n) is 14.3. The number of halogens is 2. The van der Waals surface area contributed by atoms with Crippen molar-refractivity contribution < 1.29 is 4.79 Å². The Morgan fingerprint density at radius 1 is 0.778 bits per heavy atom. The van der Waals surface area contributed by atoms with Gasteiger partial charge in [-0.1, -0.05) is 62.2 Å². The van der Waals surface area contributed by atoms with Gasteiger partial charge in [-0.2, -0.15) is 0 Å². The van der Waals surface area contributed by atoms with E-state index in [0.717, 1.165) is 25.9 Å². The van der Waals surface area contributed by atoms with Gasteiger partial charge < -0.3 is 5.32 Å². The van der Waals surface area contributed by atoms with Gasteiger partial charge in [0.2, 0.25) is 0 Å². The van der Waals surface area contributed by atoms with Crippen molar-refractivity contribution in [2.24, 2.45) is 0 Å². The highest BCUT2D eigenvalue weighted by atomic mass is 79.9. The molecule has 134 valence electrons. The fourth-order valence-electron chi connectivity index (χ4n) is 3.12. The van der Waals surface area contributed by atoms with Crippen molar-refractivity contribution in [3.05, 3.63) is 105 Å². The van der Waals surface area contributed by atoms with Gasteiger partial charge in [-0.25, -0.2) is 0 Å². The molecule has 1 aliphatic heterocycles. The standard InChI is InChI=1S/C22H16Br2N2O/c23-16-6-10-18(11-7-16)25-20-14-21(15-4-2-1-3-5-15)26(22(20)27)19-12-8-17(24)9-13-19/h1-14,21,25H/t21-/m0/s1. The van der Waals surface area contributed by atoms with Crippen LogP contribution in [0.4, 0.5) is 11.4 Å². The number of anilines is 2. The fraction of sp³-hybridized carbons (Fsp3) is 0.0455. The molecule has 3 aromatic rings. The van der Waals surface area contributed by atoms with E-state index in [-0.39, 0.29) is 11.9 Å². The van der Waals surface area contributed by atoms with Gasteiger partial charge in [-0.3, -0.25) is 9.69 Å². The Morgan fingerprint density at radius 3 is 2.00 bits per heavy atom. The number of hydrogen-bond donors (Lipinski definition) is 1. The second-order valence-corrected chi connectivity index (χ2v) is 8.05. The number of rotatable bonds is 4. The van der Waals surface area contributed by atoms with E-state index >= 15 is 0 Å². The van der Waals surface area contributed by atoms with Crippen molar-refractivity contribution in [1.82, 2.24) is 0 Å². The monoisotopic (exact) mass is 482 g/mol. The van der Waals surface area contributed by atoms with Crippen LogP contribution < -0.4 is 10.2 Å². The first kappa shape index (κ1) is 18.0. The summed E-state index contributed by atoms with van der Waals surface area (Å²) in [6, 6.07) is 25.5. The summed E-state index contributed by atoms with van der Waals surface area (Å²) in [5, 5.41) is 3.27. The molecule has 0 spiro atoms. The number of benzene rings is 3. The van der Waals surface area contributed by atoms with E-state index in [1.165, 1.54) is 0 Å². The molecule has 0 aliphatic carbocycles. The van der Waals surface area contributed by atoms with Gasteiger partial charge in [-0.05, 0) is 60.2 Å². The zero-order valence-corrected chi connectivity index (χ0v) is 17.4. The van der Waals surface area contributed by atoms with Crippen LogP contribution in [0.3, 0.4) is 0 Å². The normalized spacial score (nSPS) is 16.4. The summed E-state index contributed by atoms with van der Waals surface area (Å²) in [5.41, 5.74) is 3.39. The maximum atomic E-state index is 13.2. The van der Waals surface area contributed by atoms with Crippen molar-refractivity contribution in [3.8, 4) is 0 Å². The van der Waals surface area contributed by atoms with E-state index in [1.54, 1.807) is 0 Å². The molecular formula is C22H16Br2N2O. The van der Waals surface area contributed by atoms with Gasteiger partial charge in [-0.15, -0.1) is 0 Å². The summed E-state index contributed by atoms with van der Waals surface area (Å²) in [7, 11) is 0. The molecule has 1 aliphatic rings. The summed E-state index contributed by atoms with van der Waals surface area (Å²) in [6.07, 6.45) is 1.99. The van der Waals surface area contributed by atoms with Crippen LogP contribution in [0.15, 0.2) is 99.6 Å². The average molecular weight is 484 g/mol. The molecule has 0 unspecified atom stereocenters. The predicted octanol–water partition coefficient (Wildman–Crippen LogP) is 6.30. The fourth-order valence-corrected chi connectivity index (χ4v) is 3.65. The molecule has 3 nitrogen and oxygen atoms in total. The lowest BCUT2D eigenvalue weighted by Gasteiger charge is -2.25. The second-order valence-electron chi connectivity index (χ2n) is 6.22. The number of carbonyl (C=O) groups is 1. The molecule has 5 heteroatoms. The first-order valence-corrected chi connectivity index (χ1v) is 10.1. The Hall–Kier alpha value is -2.37. The third-order valence-corrected chi connectivity index (χ3v) is 5.48. The minimum absolute atomic E-state index is 0.0471. The van der Waals surface area contributed by atoms with E-state index in [4.69, 9.17) is 0 Å². The predicted molar refractivity (Wildman–Crippen MR) is 117 cm³/mol. The van der Waals surface area contributed by atoms with E-state index in [2.05, 4.69) is 37.2 Å². The van der Waals surface area contributed by atoms with Crippen LogP contribution in [0, 0.1) is 0 Å². The van der Waals surface area contributed by atoms with Crippen molar-refractivity contribution >= 4 is 49.1 Å². The number of hydrogen-bond acceptors (Lipinski definition) is 2. The molecule has 1 N–H and O–H groups in total. The highest BCUT2D eigenvalue weighted by Gasteiger charge is 2.34. The first-order chi connectivity index (χ1) is 13.1. The lowest BCUT2D eigenvalue weighted by molar-refractivity contribution is -0.114. The van der Waals surface area contributed by atoms with Crippen LogP contribution in [-0.2, 0) is 4.79 Å². The number of carbonyl (C=O) groups excluding carboxylic acids is 1. The van der Waals surface area contributed by atoms with Crippen molar-refractivity contribution in [1.29, 1.82) is 0 Å². The SMILES string of the molecule is O=C1C(Nc2ccc(Br)cc2)=C[C@@H](c2ccccc2)N1c1ccc(Br)cc1. The molecule has 1 atom stereocenters. The lowest BCUT2D eigenvalue weighted by Crippen LogP contribution is -2.30. The first-order valence-electron chi connectivity index (χ1n) is 8.50. The van der Waals surface area contributed by atoms with Crippen molar-refractivity contribution in [2.75, 3.05) is 10.2 Å². The molecule has 0 radical (unpaired) electrons. The molecule has 0 fully saturated rings. The van der Waals surface area contributed by atoms with Crippen molar-refractivity contribution in [2.45, 2.75) is 6.04 Å². The highest BCUT2D eigenvalue weighted by molar-refractivity contribution is 9.10. The Labute approximate surface area is 175 Å². The molecule has 0 bridgehead atoms. The quantitative estimate of drug-likeness (QED) is 0.472. The van der Waals surface area contributed by atoms with Crippen LogP contribution in [0.25, 0.3) is 0 Å². The minimum atomic E-state index is -0.155. The van der Waals surface area contributed by atoms with Gasteiger partial charge in [0.15, 0.2) is 0 Å². The molecular weight excluding hydrogens is 468 g/mol. The van der Waals surface area contributed by atoms with Crippen LogP contribution >= 0.6 is 31.9 Å². The number of nitrogens with zero attached hydrogens (tertiary/aromatic N) is 1. The summed E-state index contributed by atoms with van der Waals surface area (Å²) in [6.45, 7) is 0. The molecule has 1 amide bonds. The smallest absolute Gasteiger partial charge is 0.275 e. The minimum Gasteiger partial charge on any atom is -0.351 e. The Balaban J connectivity index is 1.71. The van der Waals surface area contributed by atoms with Crippen molar-refractivity contribution in [3.63, 3.8) is 0 Å². The van der Waals surface area contributed by atoms with Crippen LogP contribution in [0.2, 0.25) is 0 Å². The summed E-state index contributed by atoms with van der Waals surface area (Å²) in [4.78, 5) is 15.0. The maximum Gasteiger partial charge on any atom is 0.275 e. The topological polar surface area (TPSA) is 32.3 Å². The van der Waals surface area contributed by atoms with Gasteiger partial charge in [0.1, 0.15) is 5.70 Å². The number of nitrogens with one attached hydrogen (secondary N) is 1. The van der Waals surface area contributed by atoms with E-state index in [1.807, 2.05) is 89.8 Å². The average Bonchev–Trinajstić information content (AvgIpc) is 3.01. The third-order valence-electron chi connectivity index (χ3n) is 4.42. The van der Waals surface area contributed by atoms with Gasteiger partial charge in [0.05, 0.1) is 6.04 Å². The Bertz CT molecular complexity index is 983. The molecule has 27 heavy (non-hydrogen) atoms. The molecule has 3 aromatic carbocycles. The van der Waals surface area contributed by atoms with Crippen LogP contribution in [-0.4, -0.2) is 5.91 Å². The third kappa shape index (κ3) is 3.84. The molecule has 1 heterocycles. The van der Waals surface area contributed by atoms with E-state index in [0.29, 0.717) is 5.70 Å². The maximum absolute atomic E-state index is 13.2. The van der Waals surface area contributed by atoms with Gasteiger partial charge in [0, 0.05) is 20.3 Å². The number of amides is 1. The molecule has 0 aromatic heterocycles. The molecule has 0 saturated carbocycles. The molecule has 0 saturated heterocycles. The zero-order chi connectivity index (χ0) is 18.8. The van der Waals surface area contributed by atoms with Crippen LogP contribution in [0.1, 0.15) is 11.6 Å². The highest BCUT2D eigenvalue weighted by Crippen LogP contribution is 2.36. The molecule has 4 rings (SSSR count). The Morgan fingerprint density at radius 2 is 1.37 bits per heavy atom. The van der Waals surface area contributed by atoms with E-state index in [9.17, 15) is 4.79 Å². The second kappa shape index (κ2) is 7.71. The van der Waals surface area contributed by atoms with Gasteiger partial charge >= 0.3 is 0 Å². The summed E-state index contributed by atoms with van der Waals surface area (Å²) >= 11 is 6.89. The lowest BCUT2D eigenvalue weighted by atomic mass is 10.1. The van der Waals surface area contributed by atoms with E-state index < -0.39 is 0 Å².